The number of phenols is 1. The Labute approximate surface area is 255 Å². The molecule has 0 aliphatic rings. The largest absolute Gasteiger partial charge is 0.505 e. The van der Waals surface area contributed by atoms with E-state index in [1.165, 1.54) is 11.1 Å². The SMILES string of the molecule is CC(C)(C)c1cc(-n2c3ccccc3c3ccc(-c4cccc(C(C)(C)c5ccccn5)c4)nc32)c(O)c(C(C)(C)C)c1. The van der Waals surface area contributed by atoms with Gasteiger partial charge in [-0.15, -0.1) is 0 Å². The molecule has 0 spiro atoms. The molecule has 1 N–H and O–H groups in total. The molecule has 0 unspecified atom stereocenters. The van der Waals surface area contributed by atoms with Crippen molar-refractivity contribution in [3.63, 3.8) is 0 Å². The van der Waals surface area contributed by atoms with Crippen LogP contribution in [-0.2, 0) is 16.2 Å². The molecular weight excluding hydrogens is 526 g/mol. The van der Waals surface area contributed by atoms with Crippen molar-refractivity contribution in [2.24, 2.45) is 0 Å². The molecule has 6 aromatic rings. The molecule has 0 aliphatic carbocycles. The molecule has 3 aromatic carbocycles. The van der Waals surface area contributed by atoms with Crippen LogP contribution in [0.4, 0.5) is 0 Å². The van der Waals surface area contributed by atoms with Crippen LogP contribution < -0.4 is 0 Å². The highest BCUT2D eigenvalue weighted by atomic mass is 16.3. The number of benzene rings is 3. The third-order valence-electron chi connectivity index (χ3n) is 8.71. The Morgan fingerprint density at radius 1 is 0.651 bits per heavy atom. The van der Waals surface area contributed by atoms with E-state index < -0.39 is 0 Å². The summed E-state index contributed by atoms with van der Waals surface area (Å²) >= 11 is 0. The number of para-hydroxylation sites is 1. The predicted octanol–water partition coefficient (Wildman–Crippen LogP) is 9.87. The van der Waals surface area contributed by atoms with Gasteiger partial charge in [0.1, 0.15) is 11.4 Å². The fourth-order valence-corrected chi connectivity index (χ4v) is 5.99. The maximum absolute atomic E-state index is 11.9. The molecule has 3 heterocycles. The lowest BCUT2D eigenvalue weighted by Gasteiger charge is -2.28. The quantitative estimate of drug-likeness (QED) is 0.231. The smallest absolute Gasteiger partial charge is 0.146 e. The molecule has 0 fully saturated rings. The summed E-state index contributed by atoms with van der Waals surface area (Å²) < 4.78 is 2.15. The minimum absolute atomic E-state index is 0.0966. The number of aromatic nitrogens is 3. The molecule has 0 bridgehead atoms. The average molecular weight is 568 g/mol. The summed E-state index contributed by atoms with van der Waals surface area (Å²) in [4.78, 5) is 9.97. The number of nitrogens with zero attached hydrogens (tertiary/aromatic N) is 3. The van der Waals surface area contributed by atoms with Crippen LogP contribution in [0.5, 0.6) is 5.75 Å². The first-order chi connectivity index (χ1) is 20.3. The standard InChI is InChI=1S/C39H41N3O/c1-37(2,3)27-23-30(38(4,5)6)35(43)33(24-27)42-32-17-10-9-16-28(32)29-19-20-31(41-36(29)42)25-14-13-15-26(22-25)39(7,8)34-18-11-12-21-40-34/h9-24,43H,1-8H3. The topological polar surface area (TPSA) is 50.9 Å². The van der Waals surface area contributed by atoms with Gasteiger partial charge in [-0.25, -0.2) is 4.98 Å². The first-order valence-corrected chi connectivity index (χ1v) is 15.1. The maximum Gasteiger partial charge on any atom is 0.146 e. The van der Waals surface area contributed by atoms with Gasteiger partial charge in [-0.2, -0.15) is 0 Å². The number of phenolic OH excluding ortho intramolecular Hbond substituents is 1. The molecule has 0 amide bonds. The molecule has 218 valence electrons. The summed E-state index contributed by atoms with van der Waals surface area (Å²) in [7, 11) is 0. The van der Waals surface area contributed by atoms with Crippen molar-refractivity contribution in [3.05, 3.63) is 120 Å². The fourth-order valence-electron chi connectivity index (χ4n) is 5.99. The second kappa shape index (κ2) is 10.1. The van der Waals surface area contributed by atoms with E-state index in [0.717, 1.165) is 50.1 Å². The Balaban J connectivity index is 1.61. The van der Waals surface area contributed by atoms with Crippen LogP contribution in [0.15, 0.2) is 97.2 Å². The molecule has 3 aromatic heterocycles. The first kappa shape index (κ1) is 28.7. The van der Waals surface area contributed by atoms with Crippen molar-refractivity contribution in [3.8, 4) is 22.7 Å². The highest BCUT2D eigenvalue weighted by Gasteiger charge is 2.28. The van der Waals surface area contributed by atoms with Gasteiger partial charge in [0.25, 0.3) is 0 Å². The molecule has 0 radical (unpaired) electrons. The van der Waals surface area contributed by atoms with Gasteiger partial charge in [0, 0.05) is 33.5 Å². The number of aromatic hydroxyl groups is 1. The lowest BCUT2D eigenvalue weighted by Crippen LogP contribution is -2.20. The molecule has 4 nitrogen and oxygen atoms in total. The Bertz CT molecular complexity index is 1970. The average Bonchev–Trinajstić information content (AvgIpc) is 3.30. The fraction of sp³-hybridized carbons (Fsp3) is 0.282. The van der Waals surface area contributed by atoms with Crippen molar-refractivity contribution < 1.29 is 5.11 Å². The van der Waals surface area contributed by atoms with Crippen molar-refractivity contribution >= 4 is 21.9 Å². The van der Waals surface area contributed by atoms with Gasteiger partial charge < -0.3 is 5.11 Å². The van der Waals surface area contributed by atoms with Gasteiger partial charge in [-0.3, -0.25) is 9.55 Å². The summed E-state index contributed by atoms with van der Waals surface area (Å²) in [6.45, 7) is 17.5. The zero-order chi connectivity index (χ0) is 30.7. The van der Waals surface area contributed by atoms with E-state index >= 15 is 0 Å². The van der Waals surface area contributed by atoms with E-state index in [0.29, 0.717) is 5.75 Å². The summed E-state index contributed by atoms with van der Waals surface area (Å²) in [6.07, 6.45) is 1.85. The zero-order valence-electron chi connectivity index (χ0n) is 26.5. The monoisotopic (exact) mass is 567 g/mol. The van der Waals surface area contributed by atoms with Crippen LogP contribution >= 0.6 is 0 Å². The van der Waals surface area contributed by atoms with E-state index in [9.17, 15) is 5.11 Å². The number of rotatable bonds is 4. The molecule has 6 rings (SSSR count). The Hall–Kier alpha value is -4.44. The van der Waals surface area contributed by atoms with E-state index in [4.69, 9.17) is 4.98 Å². The van der Waals surface area contributed by atoms with E-state index in [2.05, 4.69) is 144 Å². The van der Waals surface area contributed by atoms with E-state index in [-0.39, 0.29) is 16.2 Å². The van der Waals surface area contributed by atoms with E-state index in [1.54, 1.807) is 0 Å². The van der Waals surface area contributed by atoms with Crippen molar-refractivity contribution in [1.82, 2.24) is 14.5 Å². The lowest BCUT2D eigenvalue weighted by molar-refractivity contribution is 0.442. The molecule has 0 atom stereocenters. The number of hydrogen-bond donors (Lipinski definition) is 1. The number of pyridine rings is 2. The maximum atomic E-state index is 11.9. The van der Waals surface area contributed by atoms with Crippen LogP contribution in [0, 0.1) is 0 Å². The first-order valence-electron chi connectivity index (χ1n) is 15.1. The van der Waals surface area contributed by atoms with Gasteiger partial charge in [-0.1, -0.05) is 104 Å². The van der Waals surface area contributed by atoms with Gasteiger partial charge >= 0.3 is 0 Å². The molecule has 43 heavy (non-hydrogen) atoms. The van der Waals surface area contributed by atoms with Gasteiger partial charge in [-0.05, 0) is 64.4 Å². The summed E-state index contributed by atoms with van der Waals surface area (Å²) in [5.41, 5.74) is 8.26. The van der Waals surface area contributed by atoms with Crippen LogP contribution in [-0.4, -0.2) is 19.6 Å². The Morgan fingerprint density at radius 2 is 1.40 bits per heavy atom. The van der Waals surface area contributed by atoms with Crippen molar-refractivity contribution in [2.75, 3.05) is 0 Å². The van der Waals surface area contributed by atoms with Crippen LogP contribution in [0.25, 0.3) is 38.9 Å². The normalized spacial score (nSPS) is 12.7. The summed E-state index contributed by atoms with van der Waals surface area (Å²) in [6, 6.07) is 31.6. The predicted molar refractivity (Wildman–Crippen MR) is 179 cm³/mol. The second-order valence-electron chi connectivity index (χ2n) is 14.2. The third kappa shape index (κ3) is 4.99. The molecule has 0 saturated heterocycles. The lowest BCUT2D eigenvalue weighted by atomic mass is 9.79. The van der Waals surface area contributed by atoms with Crippen molar-refractivity contribution in [2.45, 2.75) is 71.6 Å². The minimum Gasteiger partial charge on any atom is -0.505 e. The van der Waals surface area contributed by atoms with Crippen LogP contribution in [0.2, 0.25) is 0 Å². The van der Waals surface area contributed by atoms with Gasteiger partial charge in [0.2, 0.25) is 0 Å². The van der Waals surface area contributed by atoms with Gasteiger partial charge in [0.15, 0.2) is 0 Å². The van der Waals surface area contributed by atoms with Crippen molar-refractivity contribution in [1.29, 1.82) is 0 Å². The second-order valence-corrected chi connectivity index (χ2v) is 14.2. The molecular formula is C39H41N3O. The van der Waals surface area contributed by atoms with Crippen LogP contribution in [0.1, 0.15) is 77.8 Å². The van der Waals surface area contributed by atoms with Gasteiger partial charge in [0.05, 0.1) is 22.6 Å². The zero-order valence-corrected chi connectivity index (χ0v) is 26.5. The summed E-state index contributed by atoms with van der Waals surface area (Å²) in [5, 5.41) is 14.0. The molecule has 0 saturated carbocycles. The highest BCUT2D eigenvalue weighted by molar-refractivity contribution is 6.08. The Kier molecular flexibility index (Phi) is 6.72. The Morgan fingerprint density at radius 3 is 2.09 bits per heavy atom. The highest BCUT2D eigenvalue weighted by Crippen LogP contribution is 2.43. The third-order valence-corrected chi connectivity index (χ3v) is 8.71. The summed E-state index contributed by atoms with van der Waals surface area (Å²) in [5.74, 6) is 0.300. The molecule has 0 aliphatic heterocycles. The number of hydrogen-bond acceptors (Lipinski definition) is 3. The minimum atomic E-state index is -0.265. The molecule has 4 heteroatoms. The number of fused-ring (bicyclic) bond motifs is 3. The van der Waals surface area contributed by atoms with E-state index in [1.807, 2.05) is 18.3 Å². The van der Waals surface area contributed by atoms with Crippen LogP contribution in [0.3, 0.4) is 0 Å².